The molecule has 24 heavy (non-hydrogen) atoms. The number of alkyl halides is 3. The molecule has 1 fully saturated rings. The summed E-state index contributed by atoms with van der Waals surface area (Å²) in [5, 5.41) is 4.91. The Labute approximate surface area is 141 Å². The van der Waals surface area contributed by atoms with Gasteiger partial charge in [0.05, 0.1) is 0 Å². The maximum absolute atomic E-state index is 13.5. The van der Waals surface area contributed by atoms with Crippen LogP contribution in [0, 0.1) is 11.6 Å². The minimum atomic E-state index is -4.56. The summed E-state index contributed by atoms with van der Waals surface area (Å²) in [5.74, 6) is -3.44. The van der Waals surface area contributed by atoms with Crippen molar-refractivity contribution in [2.24, 2.45) is 0 Å². The van der Waals surface area contributed by atoms with E-state index in [4.69, 9.17) is 0 Å². The van der Waals surface area contributed by atoms with Crippen LogP contribution in [-0.2, 0) is 0 Å². The monoisotopic (exact) mass is 373 g/mol. The fraction of sp³-hybridized carbons (Fsp3) is 0.500. The second-order valence-corrected chi connectivity index (χ2v) is 5.15. The van der Waals surface area contributed by atoms with Crippen LogP contribution in [0.2, 0.25) is 0 Å². The molecular formula is C14H17ClF5N3O. The van der Waals surface area contributed by atoms with Gasteiger partial charge in [0, 0.05) is 32.7 Å². The number of hydrogen-bond acceptors (Lipinski definition) is 3. The summed E-state index contributed by atoms with van der Waals surface area (Å²) in [6.45, 7) is 0.392. The van der Waals surface area contributed by atoms with E-state index < -0.39 is 41.9 Å². The highest BCUT2D eigenvalue weighted by Crippen LogP contribution is 2.25. The third-order valence-corrected chi connectivity index (χ3v) is 3.62. The Hall–Kier alpha value is -1.45. The lowest BCUT2D eigenvalue weighted by atomic mass is 10.1. The van der Waals surface area contributed by atoms with Crippen LogP contribution in [0.15, 0.2) is 18.2 Å². The molecule has 0 aliphatic carbocycles. The van der Waals surface area contributed by atoms with E-state index in [-0.39, 0.29) is 25.5 Å². The van der Waals surface area contributed by atoms with Crippen LogP contribution in [0.1, 0.15) is 10.4 Å². The second kappa shape index (κ2) is 8.59. The molecule has 0 spiro atoms. The van der Waals surface area contributed by atoms with Gasteiger partial charge in [-0.15, -0.1) is 12.4 Å². The van der Waals surface area contributed by atoms with E-state index >= 15 is 0 Å². The van der Waals surface area contributed by atoms with E-state index in [1.165, 1.54) is 4.90 Å². The topological polar surface area (TPSA) is 44.4 Å². The van der Waals surface area contributed by atoms with Crippen molar-refractivity contribution in [3.63, 3.8) is 0 Å². The van der Waals surface area contributed by atoms with Crippen molar-refractivity contribution in [3.8, 4) is 0 Å². The van der Waals surface area contributed by atoms with Gasteiger partial charge in [0.25, 0.3) is 5.91 Å². The fourth-order valence-corrected chi connectivity index (χ4v) is 2.44. The summed E-state index contributed by atoms with van der Waals surface area (Å²) in [6.07, 6.45) is -4.56. The van der Waals surface area contributed by atoms with Gasteiger partial charge in [-0.25, -0.2) is 8.78 Å². The summed E-state index contributed by atoms with van der Waals surface area (Å²) in [5.41, 5.74) is -0.881. The molecule has 0 aromatic heterocycles. The highest BCUT2D eigenvalue weighted by Gasteiger charge is 2.44. The molecule has 2 rings (SSSR count). The molecule has 1 saturated heterocycles. The normalized spacial score (nSPS) is 17.0. The molecule has 1 heterocycles. The number of nitrogens with zero attached hydrogens (tertiary/aromatic N) is 1. The van der Waals surface area contributed by atoms with Gasteiger partial charge < -0.3 is 10.6 Å². The third kappa shape index (κ3) is 5.02. The van der Waals surface area contributed by atoms with E-state index in [0.717, 1.165) is 18.2 Å². The quantitative estimate of drug-likeness (QED) is 0.793. The number of rotatable bonds is 4. The first-order valence-electron chi connectivity index (χ1n) is 7.04. The highest BCUT2D eigenvalue weighted by molar-refractivity contribution is 5.94. The summed E-state index contributed by atoms with van der Waals surface area (Å²) in [7, 11) is 0. The van der Waals surface area contributed by atoms with Crippen LogP contribution < -0.4 is 10.6 Å². The molecule has 0 saturated carbocycles. The van der Waals surface area contributed by atoms with Crippen molar-refractivity contribution in [1.29, 1.82) is 0 Å². The second-order valence-electron chi connectivity index (χ2n) is 5.15. The lowest BCUT2D eigenvalue weighted by Crippen LogP contribution is -2.57. The average Bonchev–Trinajstić information content (AvgIpc) is 2.47. The Bertz CT molecular complexity index is 544. The number of carbonyl (C=O) groups is 1. The molecule has 0 radical (unpaired) electrons. The van der Waals surface area contributed by atoms with E-state index in [0.29, 0.717) is 13.1 Å². The Balaban J connectivity index is 0.00000288. The van der Waals surface area contributed by atoms with Crippen molar-refractivity contribution in [3.05, 3.63) is 35.4 Å². The zero-order valence-corrected chi connectivity index (χ0v) is 13.3. The van der Waals surface area contributed by atoms with Gasteiger partial charge >= 0.3 is 6.18 Å². The Morgan fingerprint density at radius 3 is 2.25 bits per heavy atom. The molecule has 0 bridgehead atoms. The van der Waals surface area contributed by atoms with E-state index in [1.807, 2.05) is 5.32 Å². The van der Waals surface area contributed by atoms with Gasteiger partial charge in [0.15, 0.2) is 0 Å². The van der Waals surface area contributed by atoms with Crippen molar-refractivity contribution >= 4 is 18.3 Å². The molecule has 2 N–H and O–H groups in total. The molecule has 10 heteroatoms. The Kier molecular flexibility index (Phi) is 7.37. The maximum atomic E-state index is 13.5. The van der Waals surface area contributed by atoms with Crippen LogP contribution in [0.25, 0.3) is 0 Å². The fourth-order valence-electron chi connectivity index (χ4n) is 2.44. The Morgan fingerprint density at radius 1 is 1.21 bits per heavy atom. The number of halogens is 6. The molecule has 1 amide bonds. The standard InChI is InChI=1S/C14H16F5N3O.ClH/c15-9-2-1-3-10(16)12(9)13(23)21-8-11(14(17,18)19)22-6-4-20-5-7-22;/h1-3,11,20H,4-8H2,(H,21,23);1H. The Morgan fingerprint density at radius 2 is 1.75 bits per heavy atom. The number of amides is 1. The van der Waals surface area contributed by atoms with E-state index in [9.17, 15) is 26.7 Å². The molecular weight excluding hydrogens is 357 g/mol. The van der Waals surface area contributed by atoms with Crippen LogP contribution in [-0.4, -0.2) is 55.7 Å². The van der Waals surface area contributed by atoms with Gasteiger partial charge in [-0.1, -0.05) is 6.07 Å². The number of hydrogen-bond donors (Lipinski definition) is 2. The molecule has 136 valence electrons. The number of carbonyl (C=O) groups excluding carboxylic acids is 1. The van der Waals surface area contributed by atoms with Crippen LogP contribution in [0.4, 0.5) is 22.0 Å². The molecule has 1 aromatic carbocycles. The van der Waals surface area contributed by atoms with Crippen LogP contribution >= 0.6 is 12.4 Å². The lowest BCUT2D eigenvalue weighted by molar-refractivity contribution is -0.183. The first-order chi connectivity index (χ1) is 10.8. The predicted octanol–water partition coefficient (Wildman–Crippen LogP) is 1.95. The summed E-state index contributed by atoms with van der Waals surface area (Å²) in [4.78, 5) is 13.0. The van der Waals surface area contributed by atoms with Gasteiger partial charge in [-0.3, -0.25) is 9.69 Å². The van der Waals surface area contributed by atoms with Crippen molar-refractivity contribution in [2.45, 2.75) is 12.2 Å². The summed E-state index contributed by atoms with van der Waals surface area (Å²) >= 11 is 0. The first kappa shape index (κ1) is 20.6. The maximum Gasteiger partial charge on any atom is 0.405 e. The third-order valence-electron chi connectivity index (χ3n) is 3.62. The molecule has 1 aromatic rings. The molecule has 4 nitrogen and oxygen atoms in total. The smallest absolute Gasteiger partial charge is 0.350 e. The molecule has 1 unspecified atom stereocenters. The van der Waals surface area contributed by atoms with E-state index in [1.54, 1.807) is 0 Å². The minimum absolute atomic E-state index is 0. The molecule has 1 atom stereocenters. The van der Waals surface area contributed by atoms with Crippen LogP contribution in [0.3, 0.4) is 0 Å². The van der Waals surface area contributed by atoms with Crippen molar-refractivity contribution < 1.29 is 26.7 Å². The lowest BCUT2D eigenvalue weighted by Gasteiger charge is -2.35. The van der Waals surface area contributed by atoms with Gasteiger partial charge in [-0.05, 0) is 12.1 Å². The van der Waals surface area contributed by atoms with Gasteiger partial charge in [-0.2, -0.15) is 13.2 Å². The molecule has 1 aliphatic rings. The number of benzene rings is 1. The van der Waals surface area contributed by atoms with Crippen molar-refractivity contribution in [1.82, 2.24) is 15.5 Å². The molecule has 1 aliphatic heterocycles. The highest BCUT2D eigenvalue weighted by atomic mass is 35.5. The SMILES string of the molecule is Cl.O=C(NCC(N1CCNCC1)C(F)(F)F)c1c(F)cccc1F. The average molecular weight is 374 g/mol. The summed E-state index contributed by atoms with van der Waals surface area (Å²) in [6, 6.07) is 0.912. The number of piperazine rings is 1. The zero-order valence-electron chi connectivity index (χ0n) is 12.5. The van der Waals surface area contributed by atoms with Crippen LogP contribution in [0.5, 0.6) is 0 Å². The number of nitrogens with one attached hydrogen (secondary N) is 2. The predicted molar refractivity (Wildman–Crippen MR) is 80.2 cm³/mol. The van der Waals surface area contributed by atoms with Gasteiger partial charge in [0.2, 0.25) is 0 Å². The first-order valence-corrected chi connectivity index (χ1v) is 7.04. The zero-order chi connectivity index (χ0) is 17.0. The van der Waals surface area contributed by atoms with Gasteiger partial charge in [0.1, 0.15) is 23.2 Å². The van der Waals surface area contributed by atoms with Crippen molar-refractivity contribution in [2.75, 3.05) is 32.7 Å². The van der Waals surface area contributed by atoms with E-state index in [2.05, 4.69) is 5.32 Å². The minimum Gasteiger partial charge on any atom is -0.350 e. The largest absolute Gasteiger partial charge is 0.405 e. The summed E-state index contributed by atoms with van der Waals surface area (Å²) < 4.78 is 66.4.